The molecular weight excluding hydrogens is 368 g/mol. The lowest BCUT2D eigenvalue weighted by Crippen LogP contribution is -2.12. The van der Waals surface area contributed by atoms with Gasteiger partial charge < -0.3 is 4.74 Å². The highest BCUT2D eigenvalue weighted by Gasteiger charge is 2.22. The maximum absolute atomic E-state index is 12.5. The van der Waals surface area contributed by atoms with Crippen LogP contribution in [0.3, 0.4) is 0 Å². The highest BCUT2D eigenvalue weighted by atomic mass is 16.5. The Balaban J connectivity index is 1.62. The van der Waals surface area contributed by atoms with Gasteiger partial charge in [0.05, 0.1) is 0 Å². The van der Waals surface area contributed by atoms with Crippen molar-refractivity contribution in [2.24, 2.45) is 5.92 Å². The van der Waals surface area contributed by atoms with E-state index in [0.29, 0.717) is 12.3 Å². The lowest BCUT2D eigenvalue weighted by Gasteiger charge is -2.23. The number of ether oxygens (including phenoxy) is 1. The van der Waals surface area contributed by atoms with Crippen LogP contribution in [0.15, 0.2) is 36.4 Å². The molecule has 0 radical (unpaired) electrons. The summed E-state index contributed by atoms with van der Waals surface area (Å²) in [6.45, 7) is 6.78. The summed E-state index contributed by atoms with van der Waals surface area (Å²) < 4.78 is 5.90. The molecule has 2 nitrogen and oxygen atoms in total. The summed E-state index contributed by atoms with van der Waals surface area (Å²) in [4.78, 5) is 12.5. The minimum absolute atomic E-state index is 0.0744. The molecule has 0 heterocycles. The minimum atomic E-state index is -0.265. The summed E-state index contributed by atoms with van der Waals surface area (Å²) in [5.74, 6) is 0.616. The van der Waals surface area contributed by atoms with Crippen molar-refractivity contribution in [2.45, 2.75) is 91.1 Å². The maximum atomic E-state index is 12.5. The van der Waals surface area contributed by atoms with Crippen LogP contribution >= 0.6 is 0 Å². The lowest BCUT2D eigenvalue weighted by atomic mass is 9.86. The monoisotopic (exact) mass is 406 g/mol. The molecular formula is C28H38O2. The Kier molecular flexibility index (Phi) is 8.54. The third-order valence-electron chi connectivity index (χ3n) is 6.19. The number of rotatable bonds is 12. The van der Waals surface area contributed by atoms with E-state index in [1.807, 2.05) is 0 Å². The van der Waals surface area contributed by atoms with Crippen molar-refractivity contribution >= 4 is 22.8 Å². The predicted octanol–water partition coefficient (Wildman–Crippen LogP) is 8.18. The summed E-state index contributed by atoms with van der Waals surface area (Å²) in [5, 5.41) is 2.49. The van der Waals surface area contributed by atoms with E-state index < -0.39 is 0 Å². The molecule has 0 N–H and O–H groups in total. The summed E-state index contributed by atoms with van der Waals surface area (Å²) in [7, 11) is 0. The van der Waals surface area contributed by atoms with Crippen molar-refractivity contribution in [3.63, 3.8) is 0 Å². The number of carbonyl (C=O) groups is 1. The average molecular weight is 407 g/mol. The second-order valence-corrected chi connectivity index (χ2v) is 9.16. The molecule has 0 bridgehead atoms. The third-order valence-corrected chi connectivity index (χ3v) is 6.19. The van der Waals surface area contributed by atoms with E-state index in [0.717, 1.165) is 24.8 Å². The number of carbonyl (C=O) groups excluding carboxylic acids is 1. The molecule has 3 rings (SSSR count). The van der Waals surface area contributed by atoms with Crippen molar-refractivity contribution < 1.29 is 9.53 Å². The molecule has 2 aromatic rings. The van der Waals surface area contributed by atoms with E-state index in [4.69, 9.17) is 4.74 Å². The van der Waals surface area contributed by atoms with E-state index in [-0.39, 0.29) is 12.1 Å². The Morgan fingerprint density at radius 1 is 1.00 bits per heavy atom. The fraction of sp³-hybridized carbons (Fsp3) is 0.536. The number of unbranched alkanes of at least 4 members (excludes halogenated alkanes) is 6. The zero-order valence-electron chi connectivity index (χ0n) is 19.1. The van der Waals surface area contributed by atoms with Crippen molar-refractivity contribution in [1.82, 2.24) is 0 Å². The Bertz CT molecular complexity index is 862. The molecule has 1 unspecified atom stereocenters. The van der Waals surface area contributed by atoms with Crippen molar-refractivity contribution in [2.75, 3.05) is 0 Å². The zero-order valence-corrected chi connectivity index (χ0v) is 19.1. The first-order chi connectivity index (χ1) is 14.6. The maximum Gasteiger partial charge on any atom is 0.306 e. The fourth-order valence-electron chi connectivity index (χ4n) is 4.39. The number of hydrogen-bond donors (Lipinski definition) is 0. The number of aryl methyl sites for hydroxylation is 1. The van der Waals surface area contributed by atoms with E-state index in [1.54, 1.807) is 0 Å². The highest BCUT2D eigenvalue weighted by Crippen LogP contribution is 2.37. The van der Waals surface area contributed by atoms with Gasteiger partial charge in [-0.25, -0.2) is 0 Å². The molecule has 0 spiro atoms. The van der Waals surface area contributed by atoms with Gasteiger partial charge in [-0.1, -0.05) is 95.7 Å². The van der Waals surface area contributed by atoms with Gasteiger partial charge >= 0.3 is 5.97 Å². The second kappa shape index (κ2) is 11.3. The molecule has 2 heteroatoms. The number of hydrogen-bond acceptors (Lipinski definition) is 2. The van der Waals surface area contributed by atoms with E-state index in [1.165, 1.54) is 60.4 Å². The molecule has 0 fully saturated rings. The molecule has 1 aliphatic rings. The van der Waals surface area contributed by atoms with E-state index >= 15 is 0 Å². The number of esters is 1. The van der Waals surface area contributed by atoms with Crippen LogP contribution in [0, 0.1) is 5.92 Å². The van der Waals surface area contributed by atoms with Crippen LogP contribution in [0.5, 0.6) is 0 Å². The summed E-state index contributed by atoms with van der Waals surface area (Å²) in [6, 6.07) is 10.8. The Labute approximate surface area is 182 Å². The fourth-order valence-corrected chi connectivity index (χ4v) is 4.39. The van der Waals surface area contributed by atoms with Crippen molar-refractivity contribution in [1.29, 1.82) is 0 Å². The van der Waals surface area contributed by atoms with E-state index in [9.17, 15) is 4.79 Å². The molecule has 1 atom stereocenters. The van der Waals surface area contributed by atoms with Gasteiger partial charge in [0.25, 0.3) is 0 Å². The summed E-state index contributed by atoms with van der Waals surface area (Å²) in [6.07, 6.45) is 15.3. The largest absolute Gasteiger partial charge is 0.453 e. The molecule has 0 saturated carbocycles. The lowest BCUT2D eigenvalue weighted by molar-refractivity contribution is -0.147. The number of benzene rings is 2. The van der Waals surface area contributed by atoms with Gasteiger partial charge in [0.2, 0.25) is 0 Å². The van der Waals surface area contributed by atoms with Crippen LogP contribution in [0.25, 0.3) is 16.8 Å². The Hall–Kier alpha value is -2.09. The van der Waals surface area contributed by atoms with Crippen LogP contribution < -0.4 is 0 Å². The topological polar surface area (TPSA) is 26.3 Å². The van der Waals surface area contributed by atoms with Gasteiger partial charge in [-0.2, -0.15) is 0 Å². The quantitative estimate of drug-likeness (QED) is 0.262. The van der Waals surface area contributed by atoms with Gasteiger partial charge in [0, 0.05) is 12.0 Å². The second-order valence-electron chi connectivity index (χ2n) is 9.16. The first-order valence-corrected chi connectivity index (χ1v) is 12.0. The minimum Gasteiger partial charge on any atom is -0.453 e. The Morgan fingerprint density at radius 2 is 1.77 bits per heavy atom. The van der Waals surface area contributed by atoms with Gasteiger partial charge in [-0.15, -0.1) is 0 Å². The first kappa shape index (κ1) is 22.6. The molecule has 0 aromatic heterocycles. The normalized spacial score (nSPS) is 15.1. The molecule has 162 valence electrons. The van der Waals surface area contributed by atoms with E-state index in [2.05, 4.69) is 63.3 Å². The van der Waals surface area contributed by atoms with Crippen LogP contribution in [0.4, 0.5) is 0 Å². The molecule has 0 amide bonds. The van der Waals surface area contributed by atoms with Gasteiger partial charge in [0.15, 0.2) is 0 Å². The molecule has 0 aliphatic heterocycles. The SMILES string of the molecule is CCCCCCCCCC(=O)OC1C=Cc2c(CCC(C)C)ccc3cccc1c23. The third kappa shape index (κ3) is 5.97. The molecule has 30 heavy (non-hydrogen) atoms. The highest BCUT2D eigenvalue weighted by molar-refractivity contribution is 5.97. The summed E-state index contributed by atoms with van der Waals surface area (Å²) >= 11 is 0. The van der Waals surface area contributed by atoms with Crippen molar-refractivity contribution in [3.8, 4) is 0 Å². The predicted molar refractivity (Wildman–Crippen MR) is 128 cm³/mol. The standard InChI is InChI=1S/C28H38O2/c1-4-5-6-7-8-9-10-14-27(29)30-26-20-19-24-22(16-15-21(2)3)17-18-23-12-11-13-25(26)28(23)24/h11-13,17-21,26H,4-10,14-16H2,1-3H3. The van der Waals surface area contributed by atoms with Crippen LogP contribution in [0.2, 0.25) is 0 Å². The zero-order chi connectivity index (χ0) is 21.3. The van der Waals surface area contributed by atoms with Crippen LogP contribution in [0.1, 0.15) is 101 Å². The van der Waals surface area contributed by atoms with Gasteiger partial charge in [-0.3, -0.25) is 4.79 Å². The van der Waals surface area contributed by atoms with Gasteiger partial charge in [0.1, 0.15) is 6.10 Å². The van der Waals surface area contributed by atoms with Crippen molar-refractivity contribution in [3.05, 3.63) is 53.1 Å². The first-order valence-electron chi connectivity index (χ1n) is 12.0. The molecule has 2 aromatic carbocycles. The average Bonchev–Trinajstić information content (AvgIpc) is 2.74. The molecule has 1 aliphatic carbocycles. The van der Waals surface area contributed by atoms with Gasteiger partial charge in [-0.05, 0) is 53.2 Å². The van der Waals surface area contributed by atoms with Crippen LogP contribution in [-0.2, 0) is 16.0 Å². The van der Waals surface area contributed by atoms with Crippen LogP contribution in [-0.4, -0.2) is 5.97 Å². The summed E-state index contributed by atoms with van der Waals surface area (Å²) in [5.41, 5.74) is 3.83. The Morgan fingerprint density at radius 3 is 2.53 bits per heavy atom. The smallest absolute Gasteiger partial charge is 0.306 e. The molecule has 0 saturated heterocycles.